The zero-order valence-electron chi connectivity index (χ0n) is 14.7. The van der Waals surface area contributed by atoms with Crippen molar-refractivity contribution in [2.75, 3.05) is 7.11 Å². The van der Waals surface area contributed by atoms with E-state index in [2.05, 4.69) is 31.9 Å². The zero-order valence-corrected chi connectivity index (χ0v) is 17.8. The van der Waals surface area contributed by atoms with Gasteiger partial charge in [-0.3, -0.25) is 10.1 Å². The molecular weight excluding hydrogens is 494 g/mol. The third-order valence-electron chi connectivity index (χ3n) is 3.46. The number of rotatable bonds is 6. The number of benzene rings is 2. The van der Waals surface area contributed by atoms with Crippen molar-refractivity contribution in [2.45, 2.75) is 6.61 Å². The van der Waals surface area contributed by atoms with E-state index in [4.69, 9.17) is 20.5 Å². The third kappa shape index (κ3) is 5.84. The maximum absolute atomic E-state index is 11.8. The molecule has 0 radical (unpaired) electrons. The van der Waals surface area contributed by atoms with Gasteiger partial charge in [0.25, 0.3) is 5.91 Å². The van der Waals surface area contributed by atoms with Crippen LogP contribution in [0.25, 0.3) is 6.08 Å². The predicted molar refractivity (Wildman–Crippen MR) is 110 cm³/mol. The SMILES string of the molecule is COc1cc(/C=C(/C#N)C(=O)NC(N)=O)cc(Br)c1OCc1ccc(Br)cc1. The summed E-state index contributed by atoms with van der Waals surface area (Å²) >= 11 is 6.80. The average Bonchev–Trinajstić information content (AvgIpc) is 2.65. The Morgan fingerprint density at radius 2 is 1.93 bits per heavy atom. The van der Waals surface area contributed by atoms with Crippen molar-refractivity contribution >= 4 is 49.9 Å². The fourth-order valence-corrected chi connectivity index (χ4v) is 3.03. The van der Waals surface area contributed by atoms with Crippen LogP contribution in [0.4, 0.5) is 4.79 Å². The fourth-order valence-electron chi connectivity index (χ4n) is 2.19. The van der Waals surface area contributed by atoms with Crippen LogP contribution < -0.4 is 20.5 Å². The molecule has 0 bridgehead atoms. The molecule has 3 amide bonds. The molecule has 0 unspecified atom stereocenters. The first kappa shape index (κ1) is 21.5. The molecule has 0 heterocycles. The Morgan fingerprint density at radius 3 is 2.50 bits per heavy atom. The highest BCUT2D eigenvalue weighted by atomic mass is 79.9. The number of imide groups is 1. The molecule has 0 spiro atoms. The quantitative estimate of drug-likeness (QED) is 0.453. The number of nitrogens with two attached hydrogens (primary N) is 1. The van der Waals surface area contributed by atoms with Crippen molar-refractivity contribution in [3.05, 3.63) is 62.0 Å². The van der Waals surface area contributed by atoms with Crippen LogP contribution in [0.3, 0.4) is 0 Å². The van der Waals surface area contributed by atoms with Crippen LogP contribution in [-0.4, -0.2) is 19.0 Å². The van der Waals surface area contributed by atoms with Gasteiger partial charge in [0, 0.05) is 4.47 Å². The summed E-state index contributed by atoms with van der Waals surface area (Å²) in [6, 6.07) is 11.6. The summed E-state index contributed by atoms with van der Waals surface area (Å²) < 4.78 is 12.8. The zero-order chi connectivity index (χ0) is 20.7. The lowest BCUT2D eigenvalue weighted by Crippen LogP contribution is -2.35. The minimum absolute atomic E-state index is 0.281. The lowest BCUT2D eigenvalue weighted by Gasteiger charge is -2.14. The molecule has 0 aliphatic rings. The number of nitrogens with zero attached hydrogens (tertiary/aromatic N) is 1. The molecule has 0 saturated carbocycles. The minimum Gasteiger partial charge on any atom is -0.493 e. The normalized spacial score (nSPS) is 10.7. The van der Waals surface area contributed by atoms with Gasteiger partial charge >= 0.3 is 6.03 Å². The number of ether oxygens (including phenoxy) is 2. The van der Waals surface area contributed by atoms with E-state index in [9.17, 15) is 9.59 Å². The van der Waals surface area contributed by atoms with E-state index in [0.29, 0.717) is 28.1 Å². The number of carbonyl (C=O) groups is 2. The van der Waals surface area contributed by atoms with E-state index >= 15 is 0 Å². The second-order valence-electron chi connectivity index (χ2n) is 5.44. The maximum Gasteiger partial charge on any atom is 0.319 e. The van der Waals surface area contributed by atoms with E-state index in [1.807, 2.05) is 29.6 Å². The number of carbonyl (C=O) groups excluding carboxylic acids is 2. The first-order chi connectivity index (χ1) is 13.3. The van der Waals surface area contributed by atoms with E-state index in [1.54, 1.807) is 18.2 Å². The number of amides is 3. The summed E-state index contributed by atoms with van der Waals surface area (Å²) in [5.41, 5.74) is 6.09. The second-order valence-corrected chi connectivity index (χ2v) is 7.21. The van der Waals surface area contributed by atoms with Crippen LogP contribution in [0.15, 0.2) is 50.9 Å². The fraction of sp³-hybridized carbons (Fsp3) is 0.105. The highest BCUT2D eigenvalue weighted by Crippen LogP contribution is 2.37. The molecule has 3 N–H and O–H groups in total. The first-order valence-corrected chi connectivity index (χ1v) is 9.40. The average molecular weight is 509 g/mol. The Kier molecular flexibility index (Phi) is 7.61. The third-order valence-corrected chi connectivity index (χ3v) is 4.58. The van der Waals surface area contributed by atoms with Gasteiger partial charge in [-0.25, -0.2) is 4.79 Å². The number of halogens is 2. The van der Waals surface area contributed by atoms with Gasteiger partial charge in [-0.05, 0) is 57.4 Å². The highest BCUT2D eigenvalue weighted by Gasteiger charge is 2.15. The van der Waals surface area contributed by atoms with Crippen molar-refractivity contribution in [1.29, 1.82) is 5.26 Å². The first-order valence-electron chi connectivity index (χ1n) is 7.81. The highest BCUT2D eigenvalue weighted by molar-refractivity contribution is 9.10. The van der Waals surface area contributed by atoms with Crippen LogP contribution in [0.2, 0.25) is 0 Å². The van der Waals surface area contributed by atoms with Crippen LogP contribution in [0.5, 0.6) is 11.5 Å². The number of methoxy groups -OCH3 is 1. The van der Waals surface area contributed by atoms with Crippen molar-refractivity contribution in [2.24, 2.45) is 5.73 Å². The van der Waals surface area contributed by atoms with Crippen molar-refractivity contribution in [1.82, 2.24) is 5.32 Å². The molecule has 0 saturated heterocycles. The molecule has 0 aromatic heterocycles. The monoisotopic (exact) mass is 507 g/mol. The van der Waals surface area contributed by atoms with E-state index in [0.717, 1.165) is 10.0 Å². The van der Waals surface area contributed by atoms with Gasteiger partial charge in [0.05, 0.1) is 11.6 Å². The van der Waals surface area contributed by atoms with Gasteiger partial charge in [0.2, 0.25) is 0 Å². The van der Waals surface area contributed by atoms with Gasteiger partial charge in [-0.2, -0.15) is 5.26 Å². The molecule has 144 valence electrons. The molecule has 0 aliphatic heterocycles. The molecular formula is C19H15Br2N3O4. The minimum atomic E-state index is -1.04. The molecule has 7 nitrogen and oxygen atoms in total. The number of nitriles is 1. The van der Waals surface area contributed by atoms with Crippen LogP contribution >= 0.6 is 31.9 Å². The van der Waals surface area contributed by atoms with Gasteiger partial charge in [0.1, 0.15) is 18.2 Å². The summed E-state index contributed by atoms with van der Waals surface area (Å²) in [6.45, 7) is 0.321. The number of hydrogen-bond donors (Lipinski definition) is 2. The van der Waals surface area contributed by atoms with E-state index in [-0.39, 0.29) is 5.57 Å². The Hall–Kier alpha value is -2.83. The van der Waals surface area contributed by atoms with Crippen molar-refractivity contribution in [3.63, 3.8) is 0 Å². The Morgan fingerprint density at radius 1 is 1.25 bits per heavy atom. The topological polar surface area (TPSA) is 114 Å². The lowest BCUT2D eigenvalue weighted by molar-refractivity contribution is -0.115. The van der Waals surface area contributed by atoms with E-state index < -0.39 is 11.9 Å². The predicted octanol–water partition coefficient (Wildman–Crippen LogP) is 3.90. The summed E-state index contributed by atoms with van der Waals surface area (Å²) in [4.78, 5) is 22.6. The smallest absolute Gasteiger partial charge is 0.319 e. The molecule has 0 aliphatic carbocycles. The molecule has 9 heteroatoms. The van der Waals surface area contributed by atoms with Crippen molar-refractivity contribution < 1.29 is 19.1 Å². The Balaban J connectivity index is 2.28. The van der Waals surface area contributed by atoms with Crippen LogP contribution in [0.1, 0.15) is 11.1 Å². The van der Waals surface area contributed by atoms with E-state index in [1.165, 1.54) is 13.2 Å². The summed E-state index contributed by atoms with van der Waals surface area (Å²) in [5, 5.41) is 11.0. The van der Waals surface area contributed by atoms with Gasteiger partial charge in [-0.1, -0.05) is 28.1 Å². The molecule has 2 aromatic carbocycles. The summed E-state index contributed by atoms with van der Waals surface area (Å²) in [5.74, 6) is -0.00588. The van der Waals surface area contributed by atoms with Crippen LogP contribution in [0, 0.1) is 11.3 Å². The van der Waals surface area contributed by atoms with Gasteiger partial charge in [0.15, 0.2) is 11.5 Å². The molecule has 2 rings (SSSR count). The van der Waals surface area contributed by atoms with Gasteiger partial charge < -0.3 is 15.2 Å². The summed E-state index contributed by atoms with van der Waals surface area (Å²) in [7, 11) is 1.48. The molecule has 0 fully saturated rings. The van der Waals surface area contributed by atoms with Crippen molar-refractivity contribution in [3.8, 4) is 17.6 Å². The Bertz CT molecular complexity index is 966. The van der Waals surface area contributed by atoms with Crippen LogP contribution in [-0.2, 0) is 11.4 Å². The summed E-state index contributed by atoms with van der Waals surface area (Å²) in [6.07, 6.45) is 1.31. The maximum atomic E-state index is 11.8. The molecule has 28 heavy (non-hydrogen) atoms. The van der Waals surface area contributed by atoms with Gasteiger partial charge in [-0.15, -0.1) is 0 Å². The number of urea groups is 1. The second kappa shape index (κ2) is 9.92. The standard InChI is InChI=1S/C19H15Br2N3O4/c1-27-16-8-12(6-13(9-22)18(25)24-19(23)26)7-15(21)17(16)28-10-11-2-4-14(20)5-3-11/h2-8H,10H2,1H3,(H3,23,24,25,26)/b13-6-. The number of hydrogen-bond acceptors (Lipinski definition) is 5. The number of nitrogens with one attached hydrogen (secondary N) is 1. The number of primary amides is 1. The Labute approximate surface area is 178 Å². The molecule has 0 atom stereocenters. The largest absolute Gasteiger partial charge is 0.493 e. The lowest BCUT2D eigenvalue weighted by atomic mass is 10.1. The molecule has 2 aromatic rings.